The number of hydrogen-bond acceptors (Lipinski definition) is 1. The third-order valence-corrected chi connectivity index (χ3v) is 1.90. The lowest BCUT2D eigenvalue weighted by atomic mass is 10.2. The zero-order chi connectivity index (χ0) is 8.69. The summed E-state index contributed by atoms with van der Waals surface area (Å²) in [6.45, 7) is 12.8. The van der Waals surface area contributed by atoms with E-state index in [0.29, 0.717) is 0 Å². The lowest BCUT2D eigenvalue weighted by Gasteiger charge is -2.21. The van der Waals surface area contributed by atoms with Crippen molar-refractivity contribution in [3.8, 4) is 0 Å². The predicted molar refractivity (Wildman–Crippen MR) is 51.9 cm³/mol. The van der Waals surface area contributed by atoms with Crippen molar-refractivity contribution < 1.29 is 0 Å². The topological polar surface area (TPSA) is 3.24 Å². The normalized spacial score (nSPS) is 11.5. The molecule has 0 saturated heterocycles. The maximum absolute atomic E-state index is 2.54. The summed E-state index contributed by atoms with van der Waals surface area (Å²) in [5.41, 5.74) is 0. The van der Waals surface area contributed by atoms with E-state index < -0.39 is 0 Å². The van der Waals surface area contributed by atoms with E-state index in [1.807, 2.05) is 0 Å². The predicted octanol–water partition coefficient (Wildman–Crippen LogP) is 2.76. The monoisotopic (exact) mass is 157 g/mol. The van der Waals surface area contributed by atoms with Crippen LogP contribution in [0.3, 0.4) is 0 Å². The molecular formula is C10H23N. The lowest BCUT2D eigenvalue weighted by Crippen LogP contribution is -2.28. The fourth-order valence-electron chi connectivity index (χ4n) is 1.28. The van der Waals surface area contributed by atoms with E-state index in [-0.39, 0.29) is 0 Å². The van der Waals surface area contributed by atoms with E-state index in [9.17, 15) is 0 Å². The molecule has 0 fully saturated rings. The van der Waals surface area contributed by atoms with Crippen LogP contribution in [0.25, 0.3) is 0 Å². The molecule has 0 bridgehead atoms. The number of hydrogen-bond donors (Lipinski definition) is 0. The second-order valence-electron chi connectivity index (χ2n) is 3.64. The van der Waals surface area contributed by atoms with Gasteiger partial charge in [-0.25, -0.2) is 0 Å². The van der Waals surface area contributed by atoms with Gasteiger partial charge in [-0.15, -0.1) is 0 Å². The van der Waals surface area contributed by atoms with Gasteiger partial charge in [-0.3, -0.25) is 0 Å². The van der Waals surface area contributed by atoms with Gasteiger partial charge in [0.25, 0.3) is 0 Å². The zero-order valence-corrected chi connectivity index (χ0v) is 8.56. The SMILES string of the molecule is CCCCN(CC)CC(C)C. The molecule has 0 rings (SSSR count). The Morgan fingerprint density at radius 1 is 1.18 bits per heavy atom. The van der Waals surface area contributed by atoms with Gasteiger partial charge in [0.05, 0.1) is 0 Å². The third kappa shape index (κ3) is 6.36. The molecule has 1 nitrogen and oxygen atoms in total. The van der Waals surface area contributed by atoms with Crippen molar-refractivity contribution in [1.29, 1.82) is 0 Å². The number of nitrogens with zero attached hydrogens (tertiary/aromatic N) is 1. The van der Waals surface area contributed by atoms with E-state index in [1.165, 1.54) is 32.5 Å². The van der Waals surface area contributed by atoms with Gasteiger partial charge in [-0.1, -0.05) is 34.1 Å². The number of unbranched alkanes of at least 4 members (excludes halogenated alkanes) is 1. The first-order valence-corrected chi connectivity index (χ1v) is 4.93. The molecule has 0 amide bonds. The molecule has 0 radical (unpaired) electrons. The lowest BCUT2D eigenvalue weighted by molar-refractivity contribution is 0.253. The van der Waals surface area contributed by atoms with Crippen molar-refractivity contribution in [2.45, 2.75) is 40.5 Å². The highest BCUT2D eigenvalue weighted by Gasteiger charge is 2.02. The maximum atomic E-state index is 2.54. The molecule has 0 atom stereocenters. The highest BCUT2D eigenvalue weighted by molar-refractivity contribution is 4.57. The Morgan fingerprint density at radius 2 is 1.82 bits per heavy atom. The maximum Gasteiger partial charge on any atom is 0.000427 e. The Kier molecular flexibility index (Phi) is 6.63. The summed E-state index contributed by atoms with van der Waals surface area (Å²) in [4.78, 5) is 2.54. The van der Waals surface area contributed by atoms with Gasteiger partial charge in [-0.2, -0.15) is 0 Å². The molecule has 0 saturated carbocycles. The minimum atomic E-state index is 0.812. The summed E-state index contributed by atoms with van der Waals surface area (Å²) in [7, 11) is 0. The fraction of sp³-hybridized carbons (Fsp3) is 1.00. The Morgan fingerprint density at radius 3 is 2.18 bits per heavy atom. The molecule has 0 aromatic heterocycles. The van der Waals surface area contributed by atoms with Gasteiger partial charge in [0, 0.05) is 6.54 Å². The first-order chi connectivity index (χ1) is 5.20. The van der Waals surface area contributed by atoms with Crippen LogP contribution in [0.4, 0.5) is 0 Å². The molecule has 68 valence electrons. The molecule has 0 aliphatic carbocycles. The molecule has 1 heteroatoms. The molecule has 0 spiro atoms. The fourth-order valence-corrected chi connectivity index (χ4v) is 1.28. The molecule has 0 aromatic rings. The zero-order valence-electron chi connectivity index (χ0n) is 8.56. The minimum absolute atomic E-state index is 0.812. The van der Waals surface area contributed by atoms with Gasteiger partial charge in [0.15, 0.2) is 0 Å². The molecule has 0 aliphatic rings. The molecule has 0 unspecified atom stereocenters. The quantitative estimate of drug-likeness (QED) is 0.573. The number of rotatable bonds is 6. The molecular weight excluding hydrogens is 134 g/mol. The third-order valence-electron chi connectivity index (χ3n) is 1.90. The van der Waals surface area contributed by atoms with E-state index in [0.717, 1.165) is 5.92 Å². The molecule has 11 heavy (non-hydrogen) atoms. The smallest absolute Gasteiger partial charge is 0.000427 e. The van der Waals surface area contributed by atoms with Gasteiger partial charge in [-0.05, 0) is 25.4 Å². The van der Waals surface area contributed by atoms with Crippen molar-refractivity contribution in [3.63, 3.8) is 0 Å². The average Bonchev–Trinajstić information content (AvgIpc) is 1.97. The minimum Gasteiger partial charge on any atom is -0.303 e. The van der Waals surface area contributed by atoms with Crippen LogP contribution >= 0.6 is 0 Å². The van der Waals surface area contributed by atoms with Crippen molar-refractivity contribution in [2.75, 3.05) is 19.6 Å². The molecule has 0 aromatic carbocycles. The molecule has 0 heterocycles. The van der Waals surface area contributed by atoms with Gasteiger partial charge in [0.2, 0.25) is 0 Å². The standard InChI is InChI=1S/C10H23N/c1-5-7-8-11(6-2)9-10(3)4/h10H,5-9H2,1-4H3. The Hall–Kier alpha value is -0.0400. The molecule has 0 aliphatic heterocycles. The average molecular weight is 157 g/mol. The van der Waals surface area contributed by atoms with Gasteiger partial charge >= 0.3 is 0 Å². The van der Waals surface area contributed by atoms with Crippen LogP contribution in [-0.4, -0.2) is 24.5 Å². The highest BCUT2D eigenvalue weighted by atomic mass is 15.1. The largest absolute Gasteiger partial charge is 0.303 e. The summed E-state index contributed by atoms with van der Waals surface area (Å²) in [6, 6.07) is 0. The summed E-state index contributed by atoms with van der Waals surface area (Å²) in [5, 5.41) is 0. The summed E-state index contributed by atoms with van der Waals surface area (Å²) >= 11 is 0. The van der Waals surface area contributed by atoms with Crippen molar-refractivity contribution >= 4 is 0 Å². The summed E-state index contributed by atoms with van der Waals surface area (Å²) in [5.74, 6) is 0.812. The first-order valence-electron chi connectivity index (χ1n) is 4.93. The van der Waals surface area contributed by atoms with Crippen LogP contribution in [0.5, 0.6) is 0 Å². The van der Waals surface area contributed by atoms with Crippen LogP contribution in [0.1, 0.15) is 40.5 Å². The van der Waals surface area contributed by atoms with Gasteiger partial charge in [0.1, 0.15) is 0 Å². The Labute approximate surface area is 71.8 Å². The van der Waals surface area contributed by atoms with Crippen LogP contribution in [0.15, 0.2) is 0 Å². The molecule has 0 N–H and O–H groups in total. The Balaban J connectivity index is 3.41. The second kappa shape index (κ2) is 6.66. The highest BCUT2D eigenvalue weighted by Crippen LogP contribution is 2.00. The summed E-state index contributed by atoms with van der Waals surface area (Å²) in [6.07, 6.45) is 2.66. The summed E-state index contributed by atoms with van der Waals surface area (Å²) < 4.78 is 0. The van der Waals surface area contributed by atoms with Gasteiger partial charge < -0.3 is 4.90 Å². The van der Waals surface area contributed by atoms with E-state index in [1.54, 1.807) is 0 Å². The van der Waals surface area contributed by atoms with Crippen LogP contribution in [0.2, 0.25) is 0 Å². The second-order valence-corrected chi connectivity index (χ2v) is 3.64. The van der Waals surface area contributed by atoms with Crippen molar-refractivity contribution in [3.05, 3.63) is 0 Å². The van der Waals surface area contributed by atoms with E-state index >= 15 is 0 Å². The Bertz CT molecular complexity index is 78.9. The van der Waals surface area contributed by atoms with Crippen LogP contribution in [-0.2, 0) is 0 Å². The van der Waals surface area contributed by atoms with E-state index in [2.05, 4.69) is 32.6 Å². The first kappa shape index (κ1) is 11.0. The van der Waals surface area contributed by atoms with Crippen molar-refractivity contribution in [1.82, 2.24) is 4.90 Å². The van der Waals surface area contributed by atoms with Crippen molar-refractivity contribution in [2.24, 2.45) is 5.92 Å². The van der Waals surface area contributed by atoms with Crippen LogP contribution in [0, 0.1) is 5.92 Å². The van der Waals surface area contributed by atoms with Crippen LogP contribution < -0.4 is 0 Å². The van der Waals surface area contributed by atoms with E-state index in [4.69, 9.17) is 0 Å².